The second kappa shape index (κ2) is 6.18. The number of hydrogen-bond donors (Lipinski definition) is 0. The molecule has 0 saturated carbocycles. The van der Waals surface area contributed by atoms with E-state index in [4.69, 9.17) is 4.74 Å². The molecule has 0 aliphatic carbocycles. The fourth-order valence-electron chi connectivity index (χ4n) is 2.15. The van der Waals surface area contributed by atoms with Crippen molar-refractivity contribution in [3.63, 3.8) is 0 Å². The van der Waals surface area contributed by atoms with Gasteiger partial charge >= 0.3 is 0 Å². The highest BCUT2D eigenvalue weighted by atomic mass is 79.9. The predicted octanol–water partition coefficient (Wildman–Crippen LogP) is 5.77. The van der Waals surface area contributed by atoms with Gasteiger partial charge in [-0.1, -0.05) is 60.5 Å². The summed E-state index contributed by atoms with van der Waals surface area (Å²) < 4.78 is 20.4. The lowest BCUT2D eigenvalue weighted by Crippen LogP contribution is -2.14. The van der Waals surface area contributed by atoms with E-state index in [9.17, 15) is 4.39 Å². The van der Waals surface area contributed by atoms with Gasteiger partial charge in [-0.3, -0.25) is 0 Å². The number of hydrogen-bond acceptors (Lipinski definition) is 1. The van der Waals surface area contributed by atoms with Crippen LogP contribution in [0.4, 0.5) is 4.39 Å². The monoisotopic (exact) mass is 350 g/mol. The van der Waals surface area contributed by atoms with Crippen LogP contribution in [0.2, 0.25) is 0 Å². The average molecular weight is 351 g/mol. The molecule has 21 heavy (non-hydrogen) atoms. The molecule has 0 heterocycles. The molecule has 0 unspecified atom stereocenters. The third-order valence-corrected chi connectivity index (χ3v) is 3.83. The summed E-state index contributed by atoms with van der Waals surface area (Å²) in [6, 6.07) is 11.1. The van der Waals surface area contributed by atoms with Crippen LogP contribution in [0.15, 0.2) is 40.9 Å². The second-order valence-electron chi connectivity index (χ2n) is 6.27. The van der Waals surface area contributed by atoms with Crippen LogP contribution >= 0.6 is 15.9 Å². The van der Waals surface area contributed by atoms with E-state index in [0.717, 1.165) is 15.8 Å². The molecular weight excluding hydrogens is 331 g/mol. The summed E-state index contributed by atoms with van der Waals surface area (Å²) in [5.74, 6) is 0.559. The Bertz CT molecular complexity index is 644. The zero-order chi connectivity index (χ0) is 15.6. The van der Waals surface area contributed by atoms with Crippen LogP contribution < -0.4 is 4.74 Å². The Balaban J connectivity index is 2.24. The number of benzene rings is 2. The molecule has 0 atom stereocenters. The lowest BCUT2D eigenvalue weighted by atomic mass is 9.85. The molecule has 0 bridgehead atoms. The number of halogens is 2. The maximum absolute atomic E-state index is 13.8. The molecular formula is C18H20BrFO. The lowest BCUT2D eigenvalue weighted by molar-refractivity contribution is 0.291. The Morgan fingerprint density at radius 3 is 2.43 bits per heavy atom. The van der Waals surface area contributed by atoms with E-state index < -0.39 is 0 Å². The van der Waals surface area contributed by atoms with Crippen LogP contribution in [0.3, 0.4) is 0 Å². The SMILES string of the molecule is Cc1ccc(OCc2ccc(Br)cc2F)c(C(C)(C)C)c1. The third-order valence-electron chi connectivity index (χ3n) is 3.34. The van der Waals surface area contributed by atoms with Crippen LogP contribution in [0.5, 0.6) is 5.75 Å². The van der Waals surface area contributed by atoms with E-state index in [0.29, 0.717) is 5.56 Å². The van der Waals surface area contributed by atoms with Gasteiger partial charge in [0.05, 0.1) is 0 Å². The summed E-state index contributed by atoms with van der Waals surface area (Å²) in [6.07, 6.45) is 0. The molecule has 0 radical (unpaired) electrons. The van der Waals surface area contributed by atoms with Crippen molar-refractivity contribution in [3.05, 3.63) is 63.4 Å². The molecule has 0 fully saturated rings. The summed E-state index contributed by atoms with van der Waals surface area (Å²) in [7, 11) is 0. The van der Waals surface area contributed by atoms with Gasteiger partial charge in [0.15, 0.2) is 0 Å². The number of rotatable bonds is 3. The van der Waals surface area contributed by atoms with E-state index in [2.05, 4.69) is 49.7 Å². The van der Waals surface area contributed by atoms with Crippen LogP contribution in [0, 0.1) is 12.7 Å². The minimum absolute atomic E-state index is 0.0143. The molecule has 2 rings (SSSR count). The Morgan fingerprint density at radius 1 is 1.10 bits per heavy atom. The van der Waals surface area contributed by atoms with Crippen molar-refractivity contribution in [3.8, 4) is 5.75 Å². The standard InChI is InChI=1S/C18H20BrFO/c1-12-5-8-17(15(9-12)18(2,3)4)21-11-13-6-7-14(19)10-16(13)20/h5-10H,11H2,1-4H3. The summed E-state index contributed by atoms with van der Waals surface area (Å²) in [4.78, 5) is 0. The molecule has 0 spiro atoms. The molecule has 3 heteroatoms. The first-order chi connectivity index (χ1) is 9.77. The Morgan fingerprint density at radius 2 is 1.81 bits per heavy atom. The zero-order valence-corrected chi connectivity index (χ0v) is 14.4. The summed E-state index contributed by atoms with van der Waals surface area (Å²) in [5.41, 5.74) is 2.88. The first-order valence-corrected chi connectivity index (χ1v) is 7.74. The summed E-state index contributed by atoms with van der Waals surface area (Å²) >= 11 is 3.26. The largest absolute Gasteiger partial charge is 0.488 e. The molecule has 0 N–H and O–H groups in total. The molecule has 112 valence electrons. The minimum Gasteiger partial charge on any atom is -0.488 e. The Kier molecular flexibility index (Phi) is 4.72. The van der Waals surface area contributed by atoms with Gasteiger partial charge in [-0.2, -0.15) is 0 Å². The topological polar surface area (TPSA) is 9.23 Å². The van der Waals surface area contributed by atoms with Crippen LogP contribution in [-0.2, 0) is 12.0 Å². The van der Waals surface area contributed by atoms with Gasteiger partial charge in [0.1, 0.15) is 18.2 Å². The quantitative estimate of drug-likeness (QED) is 0.682. The van der Waals surface area contributed by atoms with E-state index in [1.807, 2.05) is 18.2 Å². The molecule has 2 aromatic carbocycles. The normalized spacial score (nSPS) is 11.5. The Labute approximate surface area is 134 Å². The Hall–Kier alpha value is -1.35. The minimum atomic E-state index is -0.256. The van der Waals surface area contributed by atoms with Gasteiger partial charge in [0.2, 0.25) is 0 Å². The molecule has 0 aromatic heterocycles. The predicted molar refractivity (Wildman–Crippen MR) is 88.3 cm³/mol. The molecule has 1 nitrogen and oxygen atoms in total. The van der Waals surface area contributed by atoms with Crippen molar-refractivity contribution in [2.24, 2.45) is 0 Å². The summed E-state index contributed by atoms with van der Waals surface area (Å²) in [5, 5.41) is 0. The van der Waals surface area contributed by atoms with Crippen molar-refractivity contribution >= 4 is 15.9 Å². The lowest BCUT2D eigenvalue weighted by Gasteiger charge is -2.23. The van der Waals surface area contributed by atoms with Gasteiger partial charge in [-0.25, -0.2) is 4.39 Å². The zero-order valence-electron chi connectivity index (χ0n) is 12.8. The maximum atomic E-state index is 13.8. The van der Waals surface area contributed by atoms with E-state index >= 15 is 0 Å². The van der Waals surface area contributed by atoms with E-state index in [-0.39, 0.29) is 17.8 Å². The molecule has 2 aromatic rings. The van der Waals surface area contributed by atoms with E-state index in [1.54, 1.807) is 6.07 Å². The first kappa shape index (κ1) is 16.0. The fourth-order valence-corrected chi connectivity index (χ4v) is 2.48. The molecule has 0 aliphatic heterocycles. The van der Waals surface area contributed by atoms with Gasteiger partial charge in [-0.05, 0) is 36.1 Å². The van der Waals surface area contributed by atoms with Crippen molar-refractivity contribution in [1.82, 2.24) is 0 Å². The smallest absolute Gasteiger partial charge is 0.130 e. The van der Waals surface area contributed by atoms with Crippen LogP contribution in [-0.4, -0.2) is 0 Å². The van der Waals surface area contributed by atoms with Gasteiger partial charge < -0.3 is 4.74 Å². The molecule has 0 aliphatic rings. The number of ether oxygens (including phenoxy) is 1. The van der Waals surface area contributed by atoms with Crippen molar-refractivity contribution in [1.29, 1.82) is 0 Å². The van der Waals surface area contributed by atoms with Gasteiger partial charge in [0, 0.05) is 10.0 Å². The molecule has 0 amide bonds. The highest BCUT2D eigenvalue weighted by Crippen LogP contribution is 2.32. The van der Waals surface area contributed by atoms with Crippen LogP contribution in [0.1, 0.15) is 37.5 Å². The third kappa shape index (κ3) is 4.07. The second-order valence-corrected chi connectivity index (χ2v) is 7.19. The van der Waals surface area contributed by atoms with Crippen molar-refractivity contribution in [2.75, 3.05) is 0 Å². The maximum Gasteiger partial charge on any atom is 0.130 e. The fraction of sp³-hybridized carbons (Fsp3) is 0.333. The van der Waals surface area contributed by atoms with Crippen molar-refractivity contribution < 1.29 is 9.13 Å². The van der Waals surface area contributed by atoms with Gasteiger partial charge in [-0.15, -0.1) is 0 Å². The first-order valence-electron chi connectivity index (χ1n) is 6.95. The summed E-state index contributed by atoms with van der Waals surface area (Å²) in [6.45, 7) is 8.73. The van der Waals surface area contributed by atoms with Crippen molar-refractivity contribution in [2.45, 2.75) is 39.7 Å². The highest BCUT2D eigenvalue weighted by molar-refractivity contribution is 9.10. The molecule has 0 saturated heterocycles. The highest BCUT2D eigenvalue weighted by Gasteiger charge is 2.19. The van der Waals surface area contributed by atoms with Crippen LogP contribution in [0.25, 0.3) is 0 Å². The average Bonchev–Trinajstić information content (AvgIpc) is 2.38. The number of aryl methyl sites for hydroxylation is 1. The van der Waals surface area contributed by atoms with E-state index in [1.165, 1.54) is 11.6 Å². The van der Waals surface area contributed by atoms with Gasteiger partial charge in [0.25, 0.3) is 0 Å².